The van der Waals surface area contributed by atoms with E-state index in [1.807, 2.05) is 6.92 Å². The van der Waals surface area contributed by atoms with E-state index in [2.05, 4.69) is 5.32 Å². The van der Waals surface area contributed by atoms with Crippen molar-refractivity contribution in [1.82, 2.24) is 5.32 Å². The zero-order chi connectivity index (χ0) is 15.0. The second kappa shape index (κ2) is 8.43. The Morgan fingerprint density at radius 2 is 2.00 bits per heavy atom. The number of rotatable bonds is 7. The van der Waals surface area contributed by atoms with Crippen molar-refractivity contribution in [1.29, 1.82) is 0 Å². The first kappa shape index (κ1) is 16.3. The number of hydrogen-bond acceptors (Lipinski definition) is 3. The van der Waals surface area contributed by atoms with Gasteiger partial charge in [0.2, 0.25) is 0 Å². The fourth-order valence-corrected chi connectivity index (χ4v) is 1.68. The second-order valence-corrected chi connectivity index (χ2v) is 4.79. The molecule has 6 heteroatoms. The summed E-state index contributed by atoms with van der Waals surface area (Å²) in [4.78, 5) is 22.6. The Balaban J connectivity index is 2.54. The Bertz CT molecular complexity index is 447. The van der Waals surface area contributed by atoms with E-state index < -0.39 is 18.1 Å². The SMILES string of the molecule is CCCCOC(=O)NC(Cc1ccc(Cl)cc1)C(=O)O. The summed E-state index contributed by atoms with van der Waals surface area (Å²) in [5.41, 5.74) is 0.774. The van der Waals surface area contributed by atoms with Crippen LogP contribution in [-0.4, -0.2) is 29.8 Å². The van der Waals surface area contributed by atoms with Gasteiger partial charge in [-0.2, -0.15) is 0 Å². The molecule has 20 heavy (non-hydrogen) atoms. The van der Waals surface area contributed by atoms with Gasteiger partial charge in [0, 0.05) is 11.4 Å². The molecule has 0 fully saturated rings. The van der Waals surface area contributed by atoms with Crippen molar-refractivity contribution < 1.29 is 19.4 Å². The molecule has 5 nitrogen and oxygen atoms in total. The average molecular weight is 300 g/mol. The van der Waals surface area contributed by atoms with Crippen LogP contribution in [0.15, 0.2) is 24.3 Å². The first-order chi connectivity index (χ1) is 9.52. The number of carboxylic acid groups (broad SMARTS) is 1. The van der Waals surface area contributed by atoms with E-state index in [0.717, 1.165) is 18.4 Å². The van der Waals surface area contributed by atoms with Crippen LogP contribution in [0.1, 0.15) is 25.3 Å². The number of carbonyl (C=O) groups excluding carboxylic acids is 1. The van der Waals surface area contributed by atoms with Crippen molar-refractivity contribution >= 4 is 23.7 Å². The molecule has 0 aliphatic heterocycles. The number of halogens is 1. The molecule has 110 valence electrons. The molecular weight excluding hydrogens is 282 g/mol. The highest BCUT2D eigenvalue weighted by atomic mass is 35.5. The molecule has 0 aromatic heterocycles. The molecular formula is C14H18ClNO4. The van der Waals surface area contributed by atoms with Crippen LogP contribution in [0.3, 0.4) is 0 Å². The molecule has 1 atom stereocenters. The van der Waals surface area contributed by atoms with E-state index in [9.17, 15) is 9.59 Å². The monoisotopic (exact) mass is 299 g/mol. The molecule has 1 aromatic rings. The van der Waals surface area contributed by atoms with Crippen molar-refractivity contribution in [2.75, 3.05) is 6.61 Å². The molecule has 2 N–H and O–H groups in total. The maximum absolute atomic E-state index is 11.5. The highest BCUT2D eigenvalue weighted by Crippen LogP contribution is 2.11. The van der Waals surface area contributed by atoms with Crippen LogP contribution < -0.4 is 5.32 Å². The largest absolute Gasteiger partial charge is 0.480 e. The Labute approximate surface area is 122 Å². The summed E-state index contributed by atoms with van der Waals surface area (Å²) in [6, 6.07) is 5.78. The van der Waals surface area contributed by atoms with Crippen molar-refractivity contribution in [2.24, 2.45) is 0 Å². The number of alkyl carbamates (subject to hydrolysis) is 1. The Kier molecular flexibility index (Phi) is 6.87. The fourth-order valence-electron chi connectivity index (χ4n) is 1.55. The number of carbonyl (C=O) groups is 2. The van der Waals surface area contributed by atoms with Gasteiger partial charge in [0.1, 0.15) is 6.04 Å². The Hall–Kier alpha value is -1.75. The van der Waals surface area contributed by atoms with Crippen LogP contribution in [0.5, 0.6) is 0 Å². The third-order valence-corrected chi connectivity index (χ3v) is 2.93. The highest BCUT2D eigenvalue weighted by Gasteiger charge is 2.21. The number of ether oxygens (including phenoxy) is 1. The number of aliphatic carboxylic acids is 1. The van der Waals surface area contributed by atoms with Crippen LogP contribution in [-0.2, 0) is 16.0 Å². The fraction of sp³-hybridized carbons (Fsp3) is 0.429. The number of nitrogens with one attached hydrogen (secondary N) is 1. The van der Waals surface area contributed by atoms with E-state index >= 15 is 0 Å². The van der Waals surface area contributed by atoms with Crippen molar-refractivity contribution in [3.05, 3.63) is 34.9 Å². The van der Waals surface area contributed by atoms with Gasteiger partial charge in [0.05, 0.1) is 6.61 Å². The van der Waals surface area contributed by atoms with Gasteiger partial charge < -0.3 is 15.2 Å². The summed E-state index contributed by atoms with van der Waals surface area (Å²) in [5, 5.41) is 12.0. The standard InChI is InChI=1S/C14H18ClNO4/c1-2-3-8-20-14(19)16-12(13(17)18)9-10-4-6-11(15)7-5-10/h4-7,12H,2-3,8-9H2,1H3,(H,16,19)(H,17,18). The summed E-state index contributed by atoms with van der Waals surface area (Å²) in [6.45, 7) is 2.26. The van der Waals surface area contributed by atoms with E-state index in [0.29, 0.717) is 5.02 Å². The van der Waals surface area contributed by atoms with Gasteiger partial charge >= 0.3 is 12.1 Å². The molecule has 0 saturated heterocycles. The van der Waals surface area contributed by atoms with Gasteiger partial charge in [-0.05, 0) is 24.1 Å². The molecule has 0 aliphatic carbocycles. The number of carboxylic acids is 1. The van der Waals surface area contributed by atoms with Gasteiger partial charge in [0.15, 0.2) is 0 Å². The molecule has 1 unspecified atom stereocenters. The van der Waals surface area contributed by atoms with Crippen molar-refractivity contribution in [3.8, 4) is 0 Å². The summed E-state index contributed by atoms with van der Waals surface area (Å²) in [7, 11) is 0. The molecule has 0 aliphatic rings. The van der Waals surface area contributed by atoms with Gasteiger partial charge in [-0.3, -0.25) is 0 Å². The van der Waals surface area contributed by atoms with Crippen LogP contribution in [0.4, 0.5) is 4.79 Å². The zero-order valence-electron chi connectivity index (χ0n) is 11.3. The molecule has 0 saturated carbocycles. The molecule has 1 aromatic carbocycles. The Morgan fingerprint density at radius 1 is 1.35 bits per heavy atom. The molecule has 0 heterocycles. The first-order valence-electron chi connectivity index (χ1n) is 6.43. The number of benzene rings is 1. The van der Waals surface area contributed by atoms with Gasteiger partial charge in [0.25, 0.3) is 0 Å². The number of unbranched alkanes of at least 4 members (excludes halogenated alkanes) is 1. The summed E-state index contributed by atoms with van der Waals surface area (Å²) < 4.78 is 4.89. The minimum atomic E-state index is -1.10. The van der Waals surface area contributed by atoms with E-state index in [1.165, 1.54) is 0 Å². The van der Waals surface area contributed by atoms with E-state index in [-0.39, 0.29) is 13.0 Å². The third-order valence-electron chi connectivity index (χ3n) is 2.67. The smallest absolute Gasteiger partial charge is 0.407 e. The molecule has 0 bridgehead atoms. The lowest BCUT2D eigenvalue weighted by atomic mass is 10.1. The Morgan fingerprint density at radius 3 is 2.55 bits per heavy atom. The lowest BCUT2D eigenvalue weighted by molar-refractivity contribution is -0.139. The zero-order valence-corrected chi connectivity index (χ0v) is 12.0. The van der Waals surface area contributed by atoms with Gasteiger partial charge in [-0.1, -0.05) is 37.1 Å². The lowest BCUT2D eigenvalue weighted by Crippen LogP contribution is -2.42. The average Bonchev–Trinajstić information content (AvgIpc) is 2.40. The maximum Gasteiger partial charge on any atom is 0.407 e. The van der Waals surface area contributed by atoms with E-state index in [4.69, 9.17) is 21.4 Å². The maximum atomic E-state index is 11.5. The normalized spacial score (nSPS) is 11.7. The quantitative estimate of drug-likeness (QED) is 0.759. The van der Waals surface area contributed by atoms with Crippen LogP contribution in [0.2, 0.25) is 5.02 Å². The second-order valence-electron chi connectivity index (χ2n) is 4.36. The van der Waals surface area contributed by atoms with Crippen molar-refractivity contribution in [3.63, 3.8) is 0 Å². The third kappa shape index (κ3) is 5.93. The van der Waals surface area contributed by atoms with Crippen LogP contribution in [0.25, 0.3) is 0 Å². The number of hydrogen-bond donors (Lipinski definition) is 2. The molecule has 0 spiro atoms. The molecule has 1 rings (SSSR count). The van der Waals surface area contributed by atoms with Crippen molar-refractivity contribution in [2.45, 2.75) is 32.2 Å². The predicted octanol–water partition coefficient (Wildman–Crippen LogP) is 2.86. The summed E-state index contributed by atoms with van der Waals surface area (Å²) in [5.74, 6) is -1.10. The first-order valence-corrected chi connectivity index (χ1v) is 6.81. The minimum absolute atomic E-state index is 0.176. The number of amides is 1. The highest BCUT2D eigenvalue weighted by molar-refractivity contribution is 6.30. The van der Waals surface area contributed by atoms with E-state index in [1.54, 1.807) is 24.3 Å². The topological polar surface area (TPSA) is 75.6 Å². The van der Waals surface area contributed by atoms with Gasteiger partial charge in [-0.15, -0.1) is 0 Å². The molecule has 1 amide bonds. The minimum Gasteiger partial charge on any atom is -0.480 e. The van der Waals surface area contributed by atoms with Gasteiger partial charge in [-0.25, -0.2) is 9.59 Å². The summed E-state index contributed by atoms with van der Waals surface area (Å²) >= 11 is 5.76. The van der Waals surface area contributed by atoms with Crippen LogP contribution in [0, 0.1) is 0 Å². The van der Waals surface area contributed by atoms with Crippen LogP contribution >= 0.6 is 11.6 Å². The predicted molar refractivity (Wildman–Crippen MR) is 76.0 cm³/mol. The molecule has 0 radical (unpaired) electrons. The lowest BCUT2D eigenvalue weighted by Gasteiger charge is -2.14. The summed E-state index contributed by atoms with van der Waals surface area (Å²) in [6.07, 6.45) is 1.12.